The summed E-state index contributed by atoms with van der Waals surface area (Å²) < 4.78 is 0. The summed E-state index contributed by atoms with van der Waals surface area (Å²) in [6.07, 6.45) is 6.04. The number of nitrogens with zero attached hydrogens (tertiary/aromatic N) is 2. The molecule has 0 saturated heterocycles. The van der Waals surface area contributed by atoms with Crippen LogP contribution < -0.4 is 5.32 Å². The Morgan fingerprint density at radius 1 is 1.21 bits per heavy atom. The minimum Gasteiger partial charge on any atom is -0.372 e. The first-order valence-electron chi connectivity index (χ1n) is 8.64. The molecule has 4 heteroatoms. The van der Waals surface area contributed by atoms with Crippen LogP contribution in [-0.4, -0.2) is 23.8 Å². The van der Waals surface area contributed by atoms with Crippen molar-refractivity contribution in [3.63, 3.8) is 0 Å². The molecule has 2 aliphatic carbocycles. The summed E-state index contributed by atoms with van der Waals surface area (Å²) in [6, 6.07) is 10.5. The second kappa shape index (κ2) is 4.76. The fraction of sp³-hybridized carbons (Fsp3) is 0.350. The molecule has 0 radical (unpaired) electrons. The normalized spacial score (nSPS) is 24.5. The van der Waals surface area contributed by atoms with Crippen molar-refractivity contribution in [2.75, 3.05) is 7.05 Å². The van der Waals surface area contributed by atoms with Crippen molar-refractivity contribution in [1.29, 1.82) is 0 Å². The fourth-order valence-corrected chi connectivity index (χ4v) is 4.29. The Labute approximate surface area is 141 Å². The predicted molar refractivity (Wildman–Crippen MR) is 92.4 cm³/mol. The SMILES string of the molecule is CNC1=NC(=O)C2(CCc3ccccc32)c2cc(C3CC3)ncc21. The van der Waals surface area contributed by atoms with Gasteiger partial charge in [-0.25, -0.2) is 0 Å². The number of aryl methyl sites for hydroxylation is 1. The van der Waals surface area contributed by atoms with Gasteiger partial charge in [-0.1, -0.05) is 24.3 Å². The van der Waals surface area contributed by atoms with Gasteiger partial charge in [0.05, 0.1) is 0 Å². The van der Waals surface area contributed by atoms with Crippen LogP contribution in [0.5, 0.6) is 0 Å². The van der Waals surface area contributed by atoms with E-state index in [1.165, 1.54) is 18.4 Å². The molecule has 1 amide bonds. The zero-order chi connectivity index (χ0) is 16.3. The van der Waals surface area contributed by atoms with Gasteiger partial charge in [-0.3, -0.25) is 9.78 Å². The number of aromatic nitrogens is 1. The van der Waals surface area contributed by atoms with Crippen molar-refractivity contribution in [2.45, 2.75) is 37.0 Å². The molecule has 3 aliphatic rings. The van der Waals surface area contributed by atoms with Gasteiger partial charge in [0, 0.05) is 30.4 Å². The number of fused-ring (bicyclic) bond motifs is 4. The number of hydrogen-bond donors (Lipinski definition) is 1. The van der Waals surface area contributed by atoms with Gasteiger partial charge in [-0.15, -0.1) is 0 Å². The molecule has 120 valence electrons. The van der Waals surface area contributed by atoms with E-state index in [0.29, 0.717) is 11.8 Å². The monoisotopic (exact) mass is 317 g/mol. The quantitative estimate of drug-likeness (QED) is 0.880. The van der Waals surface area contributed by atoms with Crippen LogP contribution in [0.4, 0.5) is 0 Å². The van der Waals surface area contributed by atoms with E-state index in [-0.39, 0.29) is 5.91 Å². The van der Waals surface area contributed by atoms with Gasteiger partial charge in [-0.05, 0) is 48.4 Å². The molecule has 2 heterocycles. The number of rotatable bonds is 1. The molecule has 1 spiro atoms. The van der Waals surface area contributed by atoms with Crippen LogP contribution in [0.15, 0.2) is 41.5 Å². The number of benzene rings is 1. The topological polar surface area (TPSA) is 54.4 Å². The van der Waals surface area contributed by atoms with E-state index < -0.39 is 5.41 Å². The summed E-state index contributed by atoms with van der Waals surface area (Å²) >= 11 is 0. The van der Waals surface area contributed by atoms with Crippen LogP contribution in [0.25, 0.3) is 0 Å². The highest BCUT2D eigenvalue weighted by Crippen LogP contribution is 2.49. The first-order chi connectivity index (χ1) is 11.7. The smallest absolute Gasteiger partial charge is 0.262 e. The van der Waals surface area contributed by atoms with Crippen LogP contribution in [0.1, 0.15) is 53.1 Å². The van der Waals surface area contributed by atoms with Crippen molar-refractivity contribution in [1.82, 2.24) is 10.3 Å². The lowest BCUT2D eigenvalue weighted by Gasteiger charge is -2.33. The lowest BCUT2D eigenvalue weighted by atomic mass is 9.71. The third kappa shape index (κ3) is 1.71. The summed E-state index contributed by atoms with van der Waals surface area (Å²) in [6.45, 7) is 0. The molecule has 0 bridgehead atoms. The zero-order valence-corrected chi connectivity index (χ0v) is 13.7. The van der Waals surface area contributed by atoms with Gasteiger partial charge >= 0.3 is 0 Å². The summed E-state index contributed by atoms with van der Waals surface area (Å²) in [5.74, 6) is 1.16. The Hall–Kier alpha value is -2.49. The molecule has 24 heavy (non-hydrogen) atoms. The number of amides is 1. The van der Waals surface area contributed by atoms with Gasteiger partial charge in [0.15, 0.2) is 0 Å². The van der Waals surface area contributed by atoms with E-state index in [1.807, 2.05) is 19.3 Å². The number of amidine groups is 1. The molecule has 2 aromatic rings. The number of nitrogens with one attached hydrogen (secondary N) is 1. The molecular formula is C20H19N3O. The second-order valence-electron chi connectivity index (χ2n) is 7.01. The Morgan fingerprint density at radius 2 is 2.04 bits per heavy atom. The van der Waals surface area contributed by atoms with Gasteiger partial charge in [0.2, 0.25) is 0 Å². The summed E-state index contributed by atoms with van der Waals surface area (Å²) in [4.78, 5) is 22.2. The maximum atomic E-state index is 13.2. The molecule has 1 N–H and O–H groups in total. The maximum absolute atomic E-state index is 13.2. The highest BCUT2D eigenvalue weighted by Gasteiger charge is 2.50. The van der Waals surface area contributed by atoms with Crippen molar-refractivity contribution < 1.29 is 4.79 Å². The minimum atomic E-state index is -0.626. The van der Waals surface area contributed by atoms with Crippen molar-refractivity contribution in [3.05, 3.63) is 64.5 Å². The lowest BCUT2D eigenvalue weighted by molar-refractivity contribution is -0.122. The van der Waals surface area contributed by atoms with E-state index >= 15 is 0 Å². The highest BCUT2D eigenvalue weighted by molar-refractivity contribution is 6.14. The van der Waals surface area contributed by atoms with Crippen LogP contribution in [0.3, 0.4) is 0 Å². The lowest BCUT2D eigenvalue weighted by Crippen LogP contribution is -2.42. The number of pyridine rings is 1. The van der Waals surface area contributed by atoms with Crippen molar-refractivity contribution in [2.24, 2.45) is 4.99 Å². The fourth-order valence-electron chi connectivity index (χ4n) is 4.29. The molecule has 1 saturated carbocycles. The molecular weight excluding hydrogens is 298 g/mol. The van der Waals surface area contributed by atoms with Crippen LogP contribution in [0, 0.1) is 0 Å². The molecule has 1 aromatic carbocycles. The highest BCUT2D eigenvalue weighted by atomic mass is 16.1. The summed E-state index contributed by atoms with van der Waals surface area (Å²) in [5.41, 5.74) is 4.96. The summed E-state index contributed by atoms with van der Waals surface area (Å²) in [7, 11) is 1.81. The van der Waals surface area contributed by atoms with Gasteiger partial charge < -0.3 is 5.32 Å². The molecule has 4 nitrogen and oxygen atoms in total. The Morgan fingerprint density at radius 3 is 2.83 bits per heavy atom. The maximum Gasteiger partial charge on any atom is 0.262 e. The van der Waals surface area contributed by atoms with Gasteiger partial charge in [0.1, 0.15) is 11.3 Å². The standard InChI is InChI=1S/C20H19N3O/c1-21-18-14-11-22-17(13-6-7-13)10-16(14)20(19(24)23-18)9-8-12-4-2-3-5-15(12)20/h2-5,10-11,13H,6-9H2,1H3,(H,21,23,24). The van der Waals surface area contributed by atoms with E-state index in [2.05, 4.69) is 39.6 Å². The number of carbonyl (C=O) groups excluding carboxylic acids is 1. The zero-order valence-electron chi connectivity index (χ0n) is 13.7. The predicted octanol–water partition coefficient (Wildman–Crippen LogP) is 2.70. The first-order valence-corrected chi connectivity index (χ1v) is 8.64. The van der Waals surface area contributed by atoms with E-state index in [4.69, 9.17) is 0 Å². The number of aliphatic imine (C=N–C) groups is 1. The molecule has 1 aromatic heterocycles. The third-order valence-corrected chi connectivity index (χ3v) is 5.70. The largest absolute Gasteiger partial charge is 0.372 e. The third-order valence-electron chi connectivity index (χ3n) is 5.70. The average molecular weight is 317 g/mol. The Balaban J connectivity index is 1.80. The van der Waals surface area contributed by atoms with Crippen LogP contribution in [-0.2, 0) is 16.6 Å². The number of carbonyl (C=O) groups is 1. The molecule has 1 unspecified atom stereocenters. The van der Waals surface area contributed by atoms with Crippen molar-refractivity contribution >= 4 is 11.7 Å². The van der Waals surface area contributed by atoms with Crippen LogP contribution >= 0.6 is 0 Å². The molecule has 1 atom stereocenters. The van der Waals surface area contributed by atoms with E-state index in [1.54, 1.807) is 0 Å². The minimum absolute atomic E-state index is 0.0442. The molecule has 1 fully saturated rings. The number of hydrogen-bond acceptors (Lipinski definition) is 3. The van der Waals surface area contributed by atoms with E-state index in [0.717, 1.165) is 35.2 Å². The molecule has 1 aliphatic heterocycles. The van der Waals surface area contributed by atoms with Crippen LogP contribution in [0.2, 0.25) is 0 Å². The van der Waals surface area contributed by atoms with Gasteiger partial charge in [0.25, 0.3) is 5.91 Å². The summed E-state index contributed by atoms with van der Waals surface area (Å²) in [5, 5.41) is 3.07. The van der Waals surface area contributed by atoms with E-state index in [9.17, 15) is 4.79 Å². The second-order valence-corrected chi connectivity index (χ2v) is 7.01. The molecule has 5 rings (SSSR count). The average Bonchev–Trinajstić information content (AvgIpc) is 3.40. The van der Waals surface area contributed by atoms with Gasteiger partial charge in [-0.2, -0.15) is 4.99 Å². The first kappa shape index (κ1) is 13.9. The van der Waals surface area contributed by atoms with Crippen molar-refractivity contribution in [3.8, 4) is 0 Å². The Bertz CT molecular complexity index is 898. The Kier molecular flexibility index (Phi) is 2.76.